The second kappa shape index (κ2) is 3.34. The van der Waals surface area contributed by atoms with Gasteiger partial charge in [0, 0.05) is 12.8 Å². The van der Waals surface area contributed by atoms with Crippen molar-refractivity contribution in [1.29, 1.82) is 0 Å². The fourth-order valence-corrected chi connectivity index (χ4v) is 2.49. The Kier molecular flexibility index (Phi) is 2.44. The molecule has 1 aliphatic carbocycles. The zero-order chi connectivity index (χ0) is 12.0. The number of rotatable bonds is 1. The number of hydrogen-bond acceptors (Lipinski definition) is 4. The highest BCUT2D eigenvalue weighted by Gasteiger charge is 2.58. The second-order valence-corrected chi connectivity index (χ2v) is 5.98. The normalized spacial score (nSPS) is 37.5. The minimum absolute atomic E-state index is 0.366. The van der Waals surface area contributed by atoms with Gasteiger partial charge in [0.05, 0.1) is 24.4 Å². The molecule has 0 aromatic rings. The van der Waals surface area contributed by atoms with Crippen LogP contribution in [0.15, 0.2) is 0 Å². The molecule has 0 unspecified atom stereocenters. The summed E-state index contributed by atoms with van der Waals surface area (Å²) in [6, 6.07) is 0. The Morgan fingerprint density at radius 1 is 1.38 bits per heavy atom. The van der Waals surface area contributed by atoms with Crippen molar-refractivity contribution in [1.82, 2.24) is 5.32 Å². The summed E-state index contributed by atoms with van der Waals surface area (Å²) in [4.78, 5) is 11.6. The van der Waals surface area contributed by atoms with Gasteiger partial charge in [-0.25, -0.2) is 4.79 Å². The lowest BCUT2D eigenvalue weighted by molar-refractivity contribution is -0.207. The second-order valence-electron chi connectivity index (χ2n) is 5.98. The number of aliphatic hydroxyl groups is 1. The molecule has 1 amide bonds. The number of amides is 1. The molecule has 0 atom stereocenters. The van der Waals surface area contributed by atoms with Gasteiger partial charge in [-0.15, -0.1) is 0 Å². The maximum absolute atomic E-state index is 11.6. The van der Waals surface area contributed by atoms with Crippen molar-refractivity contribution < 1.29 is 19.4 Å². The van der Waals surface area contributed by atoms with E-state index in [4.69, 9.17) is 9.47 Å². The average Bonchev–Trinajstić information content (AvgIpc) is 1.95. The van der Waals surface area contributed by atoms with Crippen molar-refractivity contribution in [2.75, 3.05) is 13.2 Å². The van der Waals surface area contributed by atoms with Gasteiger partial charge in [-0.05, 0) is 20.8 Å². The van der Waals surface area contributed by atoms with Crippen LogP contribution in [0.25, 0.3) is 0 Å². The maximum atomic E-state index is 11.6. The van der Waals surface area contributed by atoms with E-state index in [-0.39, 0.29) is 0 Å². The molecule has 2 aliphatic heterocycles. The van der Waals surface area contributed by atoms with Gasteiger partial charge in [-0.3, -0.25) is 0 Å². The number of ether oxygens (including phenoxy) is 2. The predicted molar refractivity (Wildman–Crippen MR) is 57.1 cm³/mol. The first-order valence-electron chi connectivity index (χ1n) is 5.53. The molecule has 2 saturated heterocycles. The first kappa shape index (κ1) is 11.7. The minimum atomic E-state index is -0.743. The summed E-state index contributed by atoms with van der Waals surface area (Å²) in [7, 11) is 0. The van der Waals surface area contributed by atoms with Crippen LogP contribution in [-0.4, -0.2) is 41.2 Å². The zero-order valence-corrected chi connectivity index (χ0v) is 10.0. The lowest BCUT2D eigenvalue weighted by Crippen LogP contribution is -2.72. The molecule has 0 aromatic carbocycles. The first-order chi connectivity index (χ1) is 7.22. The number of fused-ring (bicyclic) bond motifs is 2. The van der Waals surface area contributed by atoms with E-state index in [0.717, 1.165) is 0 Å². The molecule has 3 fully saturated rings. The lowest BCUT2D eigenvalue weighted by atomic mass is 9.64. The predicted octanol–water partition coefficient (Wildman–Crippen LogP) is 0.805. The number of hydrogen-bond donors (Lipinski definition) is 2. The van der Waals surface area contributed by atoms with Crippen LogP contribution in [0.5, 0.6) is 0 Å². The van der Waals surface area contributed by atoms with Crippen molar-refractivity contribution in [3.8, 4) is 0 Å². The van der Waals surface area contributed by atoms with Crippen LogP contribution in [0.2, 0.25) is 0 Å². The molecule has 5 heteroatoms. The van der Waals surface area contributed by atoms with E-state index in [2.05, 4.69) is 5.32 Å². The molecule has 16 heavy (non-hydrogen) atoms. The Morgan fingerprint density at radius 3 is 2.50 bits per heavy atom. The molecule has 3 aliphatic rings. The van der Waals surface area contributed by atoms with Crippen molar-refractivity contribution in [2.45, 2.75) is 50.4 Å². The SMILES string of the molecule is CC(C)(C)OC(=O)NC12COCC(O)(C1)C2. The third-order valence-electron chi connectivity index (χ3n) is 2.85. The van der Waals surface area contributed by atoms with Crippen molar-refractivity contribution in [2.24, 2.45) is 0 Å². The van der Waals surface area contributed by atoms with Crippen molar-refractivity contribution in [3.05, 3.63) is 0 Å². The van der Waals surface area contributed by atoms with Gasteiger partial charge in [0.1, 0.15) is 5.60 Å². The maximum Gasteiger partial charge on any atom is 0.408 e. The van der Waals surface area contributed by atoms with Gasteiger partial charge in [-0.1, -0.05) is 0 Å². The molecule has 0 aromatic heterocycles. The number of carbonyl (C=O) groups excluding carboxylic acids is 1. The van der Waals surface area contributed by atoms with Crippen LogP contribution in [0, 0.1) is 0 Å². The molecule has 2 bridgehead atoms. The summed E-state index contributed by atoms with van der Waals surface area (Å²) in [5.41, 5.74) is -1.67. The van der Waals surface area contributed by atoms with E-state index < -0.39 is 22.8 Å². The van der Waals surface area contributed by atoms with Gasteiger partial charge < -0.3 is 19.9 Å². The van der Waals surface area contributed by atoms with E-state index in [9.17, 15) is 9.90 Å². The van der Waals surface area contributed by atoms with Gasteiger partial charge >= 0.3 is 6.09 Å². The Balaban J connectivity index is 1.89. The van der Waals surface area contributed by atoms with E-state index in [1.165, 1.54) is 0 Å². The van der Waals surface area contributed by atoms with Gasteiger partial charge in [0.2, 0.25) is 0 Å². The highest BCUT2D eigenvalue weighted by atomic mass is 16.6. The summed E-state index contributed by atoms with van der Waals surface area (Å²) >= 11 is 0. The summed E-state index contributed by atoms with van der Waals surface area (Å²) in [6.07, 6.45) is 0.665. The number of alkyl carbamates (subject to hydrolysis) is 1. The molecule has 0 radical (unpaired) electrons. The summed E-state index contributed by atoms with van der Waals surface area (Å²) in [6.45, 7) is 6.27. The van der Waals surface area contributed by atoms with E-state index in [1.54, 1.807) is 0 Å². The standard InChI is InChI=1S/C11H19NO4/c1-9(2,3)16-8(13)12-10-4-11(14,5-10)7-15-6-10/h14H,4-7H2,1-3H3,(H,12,13). The third-order valence-corrected chi connectivity index (χ3v) is 2.85. The number of carbonyl (C=O) groups is 1. The molecule has 0 spiro atoms. The van der Waals surface area contributed by atoms with Crippen LogP contribution in [0.1, 0.15) is 33.6 Å². The van der Waals surface area contributed by atoms with Gasteiger partial charge in [0.15, 0.2) is 0 Å². The number of nitrogens with one attached hydrogen (secondary N) is 1. The monoisotopic (exact) mass is 229 g/mol. The quantitative estimate of drug-likeness (QED) is 0.698. The van der Waals surface area contributed by atoms with Crippen LogP contribution in [-0.2, 0) is 9.47 Å². The minimum Gasteiger partial charge on any atom is -0.444 e. The summed E-state index contributed by atoms with van der Waals surface area (Å²) < 4.78 is 10.4. The van der Waals surface area contributed by atoms with Gasteiger partial charge in [-0.2, -0.15) is 0 Å². The third kappa shape index (κ3) is 2.30. The Bertz CT molecular complexity index is 302. The Labute approximate surface area is 95.1 Å². The first-order valence-corrected chi connectivity index (χ1v) is 5.53. The van der Waals surface area contributed by atoms with Gasteiger partial charge in [0.25, 0.3) is 0 Å². The van der Waals surface area contributed by atoms with Crippen LogP contribution < -0.4 is 5.32 Å². The summed E-state index contributed by atoms with van der Waals surface area (Å²) in [5, 5.41) is 12.6. The lowest BCUT2D eigenvalue weighted by Gasteiger charge is -2.56. The molecule has 5 nitrogen and oxygen atoms in total. The molecular weight excluding hydrogens is 210 g/mol. The van der Waals surface area contributed by atoms with E-state index in [0.29, 0.717) is 26.1 Å². The fraction of sp³-hybridized carbons (Fsp3) is 0.909. The zero-order valence-electron chi connectivity index (χ0n) is 10.0. The largest absolute Gasteiger partial charge is 0.444 e. The Hall–Kier alpha value is -0.810. The molecule has 2 N–H and O–H groups in total. The average molecular weight is 229 g/mol. The summed E-state index contributed by atoms with van der Waals surface area (Å²) in [5.74, 6) is 0. The highest BCUT2D eigenvalue weighted by molar-refractivity contribution is 5.69. The van der Waals surface area contributed by atoms with Crippen molar-refractivity contribution in [3.63, 3.8) is 0 Å². The van der Waals surface area contributed by atoms with E-state index >= 15 is 0 Å². The highest BCUT2D eigenvalue weighted by Crippen LogP contribution is 2.45. The molecule has 3 rings (SSSR count). The van der Waals surface area contributed by atoms with Crippen LogP contribution >= 0.6 is 0 Å². The molecule has 92 valence electrons. The van der Waals surface area contributed by atoms with E-state index in [1.807, 2.05) is 20.8 Å². The molecule has 1 saturated carbocycles. The molecular formula is C11H19NO4. The Morgan fingerprint density at radius 2 is 2.00 bits per heavy atom. The molecule has 2 heterocycles. The topological polar surface area (TPSA) is 67.8 Å². The van der Waals surface area contributed by atoms with Crippen LogP contribution in [0.3, 0.4) is 0 Å². The van der Waals surface area contributed by atoms with Crippen molar-refractivity contribution >= 4 is 6.09 Å². The smallest absolute Gasteiger partial charge is 0.408 e. The fourth-order valence-electron chi connectivity index (χ4n) is 2.49. The van der Waals surface area contributed by atoms with Crippen LogP contribution in [0.4, 0.5) is 4.79 Å².